The lowest BCUT2D eigenvalue weighted by Gasteiger charge is -2.09. The van der Waals surface area contributed by atoms with Crippen LogP contribution in [0.4, 0.5) is 5.69 Å². The van der Waals surface area contributed by atoms with E-state index < -0.39 is 22.1 Å². The number of nitro groups is 1. The van der Waals surface area contributed by atoms with Crippen molar-refractivity contribution in [3.8, 4) is 5.75 Å². The van der Waals surface area contributed by atoms with Crippen molar-refractivity contribution >= 4 is 23.3 Å². The Kier molecular flexibility index (Phi) is 4.34. The van der Waals surface area contributed by atoms with E-state index in [1.54, 1.807) is 0 Å². The minimum absolute atomic E-state index is 0.147. The number of ether oxygens (including phenoxy) is 1. The minimum Gasteiger partial charge on any atom is -0.487 e. The molecule has 2 aromatic rings. The Morgan fingerprint density at radius 2 is 2.19 bits per heavy atom. The molecule has 0 saturated heterocycles. The van der Waals surface area contributed by atoms with E-state index in [0.29, 0.717) is 10.8 Å². The number of carboxylic acids is 1. The topological polar surface area (TPSA) is 103 Å². The Balaban J connectivity index is 2.30. The number of aromatic carboxylic acids is 1. The monoisotopic (exact) mass is 308 g/mol. The first kappa shape index (κ1) is 14.7. The Bertz CT molecular complexity index is 705. The fourth-order valence-corrected chi connectivity index (χ4v) is 1.90. The Hall–Kier alpha value is -2.67. The van der Waals surface area contributed by atoms with Crippen molar-refractivity contribution in [2.75, 3.05) is 0 Å². The molecule has 21 heavy (non-hydrogen) atoms. The van der Waals surface area contributed by atoms with Gasteiger partial charge in [-0.25, -0.2) is 4.79 Å². The third-order valence-electron chi connectivity index (χ3n) is 2.61. The highest BCUT2D eigenvalue weighted by atomic mass is 35.5. The number of aromatic nitrogens is 1. The van der Waals surface area contributed by atoms with Crippen molar-refractivity contribution in [3.05, 3.63) is 62.9 Å². The maximum Gasteiger partial charge on any atom is 0.343 e. The standard InChI is InChI=1S/C13H9ClN2O5/c14-9-4-10(6-15-5-9)21-7-8-2-1-3-11(16(19)20)12(8)13(17)18/h1-6H,7H2,(H,17,18). The molecule has 0 aliphatic carbocycles. The van der Waals surface area contributed by atoms with Crippen molar-refractivity contribution in [2.45, 2.75) is 6.61 Å². The lowest BCUT2D eigenvalue weighted by molar-refractivity contribution is -0.385. The van der Waals surface area contributed by atoms with Crippen LogP contribution in [0.5, 0.6) is 5.75 Å². The Morgan fingerprint density at radius 1 is 1.43 bits per heavy atom. The number of halogens is 1. The molecular weight excluding hydrogens is 300 g/mol. The van der Waals surface area contributed by atoms with Crippen molar-refractivity contribution in [2.24, 2.45) is 0 Å². The largest absolute Gasteiger partial charge is 0.487 e. The van der Waals surface area contributed by atoms with Crippen LogP contribution in [0.15, 0.2) is 36.7 Å². The van der Waals surface area contributed by atoms with Gasteiger partial charge in [0.25, 0.3) is 5.69 Å². The number of carbonyl (C=O) groups is 1. The van der Waals surface area contributed by atoms with Gasteiger partial charge in [0.15, 0.2) is 0 Å². The van der Waals surface area contributed by atoms with Crippen LogP contribution >= 0.6 is 11.6 Å². The molecule has 0 amide bonds. The Morgan fingerprint density at radius 3 is 2.81 bits per heavy atom. The molecule has 8 heteroatoms. The lowest BCUT2D eigenvalue weighted by atomic mass is 10.1. The number of hydrogen-bond acceptors (Lipinski definition) is 5. The van der Waals surface area contributed by atoms with Crippen molar-refractivity contribution < 1.29 is 19.6 Å². The predicted molar refractivity (Wildman–Crippen MR) is 73.6 cm³/mol. The fourth-order valence-electron chi connectivity index (χ4n) is 1.74. The molecule has 1 N–H and O–H groups in total. The number of carboxylic acid groups (broad SMARTS) is 1. The van der Waals surface area contributed by atoms with Gasteiger partial charge in [0.1, 0.15) is 17.9 Å². The summed E-state index contributed by atoms with van der Waals surface area (Å²) < 4.78 is 5.37. The molecule has 2 rings (SSSR count). The van der Waals surface area contributed by atoms with Crippen molar-refractivity contribution in [1.82, 2.24) is 4.98 Å². The quantitative estimate of drug-likeness (QED) is 0.673. The third kappa shape index (κ3) is 3.46. The van der Waals surface area contributed by atoms with Crippen LogP contribution in [0.25, 0.3) is 0 Å². The first-order valence-corrected chi connectivity index (χ1v) is 6.09. The number of benzene rings is 1. The molecule has 1 heterocycles. The summed E-state index contributed by atoms with van der Waals surface area (Å²) in [5, 5.41) is 20.4. The van der Waals surface area contributed by atoms with E-state index in [4.69, 9.17) is 21.4 Å². The fraction of sp³-hybridized carbons (Fsp3) is 0.0769. The third-order valence-corrected chi connectivity index (χ3v) is 2.82. The molecular formula is C13H9ClN2O5. The average Bonchev–Trinajstić information content (AvgIpc) is 2.44. The number of hydrogen-bond donors (Lipinski definition) is 1. The first-order chi connectivity index (χ1) is 9.99. The molecule has 0 atom stereocenters. The molecule has 1 aromatic carbocycles. The Labute approximate surface area is 123 Å². The second-order valence-electron chi connectivity index (χ2n) is 4.00. The SMILES string of the molecule is O=C(O)c1c(COc2cncc(Cl)c2)cccc1[N+](=O)[O-]. The zero-order chi connectivity index (χ0) is 15.4. The number of nitro benzene ring substituents is 1. The second-order valence-corrected chi connectivity index (χ2v) is 4.44. The van der Waals surface area contributed by atoms with Gasteiger partial charge in [0.2, 0.25) is 0 Å². The van der Waals surface area contributed by atoms with Gasteiger partial charge in [-0.15, -0.1) is 0 Å². The van der Waals surface area contributed by atoms with Crippen LogP contribution < -0.4 is 4.74 Å². The van der Waals surface area contributed by atoms with Gasteiger partial charge in [0, 0.05) is 23.9 Å². The van der Waals surface area contributed by atoms with E-state index in [9.17, 15) is 14.9 Å². The van der Waals surface area contributed by atoms with Gasteiger partial charge in [-0.05, 0) is 0 Å². The summed E-state index contributed by atoms with van der Waals surface area (Å²) in [6.45, 7) is -0.147. The van der Waals surface area contributed by atoms with Crippen LogP contribution in [-0.2, 0) is 6.61 Å². The number of nitrogens with zero attached hydrogens (tertiary/aromatic N) is 2. The lowest BCUT2D eigenvalue weighted by Crippen LogP contribution is -2.09. The summed E-state index contributed by atoms with van der Waals surface area (Å²) in [7, 11) is 0. The zero-order valence-electron chi connectivity index (χ0n) is 10.5. The first-order valence-electron chi connectivity index (χ1n) is 5.72. The molecule has 7 nitrogen and oxygen atoms in total. The smallest absolute Gasteiger partial charge is 0.343 e. The average molecular weight is 309 g/mol. The van der Waals surface area contributed by atoms with E-state index in [-0.39, 0.29) is 12.2 Å². The molecule has 0 spiro atoms. The summed E-state index contributed by atoms with van der Waals surface area (Å²) in [4.78, 5) is 25.2. The van der Waals surface area contributed by atoms with Crippen LogP contribution in [-0.4, -0.2) is 21.0 Å². The second kappa shape index (κ2) is 6.19. The highest BCUT2D eigenvalue weighted by Gasteiger charge is 2.23. The summed E-state index contributed by atoms with van der Waals surface area (Å²) in [6, 6.07) is 5.49. The molecule has 0 aliphatic heterocycles. The molecule has 108 valence electrons. The molecule has 0 bridgehead atoms. The number of pyridine rings is 1. The molecule has 0 aliphatic rings. The minimum atomic E-state index is -1.38. The highest BCUT2D eigenvalue weighted by Crippen LogP contribution is 2.24. The van der Waals surface area contributed by atoms with Crippen molar-refractivity contribution in [1.29, 1.82) is 0 Å². The maximum atomic E-state index is 11.2. The van der Waals surface area contributed by atoms with Gasteiger partial charge < -0.3 is 9.84 Å². The summed E-state index contributed by atoms with van der Waals surface area (Å²) in [6.07, 6.45) is 2.83. The number of rotatable bonds is 5. The van der Waals surface area contributed by atoms with Gasteiger partial charge in [-0.2, -0.15) is 0 Å². The summed E-state index contributed by atoms with van der Waals surface area (Å²) in [5.41, 5.74) is -0.679. The zero-order valence-corrected chi connectivity index (χ0v) is 11.3. The molecule has 1 aromatic heterocycles. The van der Waals surface area contributed by atoms with Gasteiger partial charge in [-0.3, -0.25) is 15.1 Å². The van der Waals surface area contributed by atoms with Crippen LogP contribution in [0.1, 0.15) is 15.9 Å². The highest BCUT2D eigenvalue weighted by molar-refractivity contribution is 6.30. The summed E-state index contributed by atoms with van der Waals surface area (Å²) >= 11 is 5.75. The van der Waals surface area contributed by atoms with Crippen LogP contribution in [0.2, 0.25) is 5.02 Å². The van der Waals surface area contributed by atoms with Gasteiger partial charge in [-0.1, -0.05) is 23.7 Å². The van der Waals surface area contributed by atoms with Crippen LogP contribution in [0.3, 0.4) is 0 Å². The van der Waals surface area contributed by atoms with E-state index in [2.05, 4.69) is 4.98 Å². The van der Waals surface area contributed by atoms with E-state index in [0.717, 1.165) is 6.07 Å². The van der Waals surface area contributed by atoms with E-state index in [1.165, 1.54) is 30.6 Å². The van der Waals surface area contributed by atoms with Crippen molar-refractivity contribution in [3.63, 3.8) is 0 Å². The molecule has 0 radical (unpaired) electrons. The van der Waals surface area contributed by atoms with E-state index >= 15 is 0 Å². The maximum absolute atomic E-state index is 11.2. The molecule has 0 fully saturated rings. The molecule has 0 saturated carbocycles. The van der Waals surface area contributed by atoms with Gasteiger partial charge in [0.05, 0.1) is 16.1 Å². The van der Waals surface area contributed by atoms with Crippen LogP contribution in [0, 0.1) is 10.1 Å². The molecule has 0 unspecified atom stereocenters. The van der Waals surface area contributed by atoms with E-state index in [1.807, 2.05) is 0 Å². The predicted octanol–water partition coefficient (Wildman–Crippen LogP) is 2.92. The summed E-state index contributed by atoms with van der Waals surface area (Å²) in [5.74, 6) is -1.05. The van der Waals surface area contributed by atoms with Gasteiger partial charge >= 0.3 is 5.97 Å². The normalized spacial score (nSPS) is 10.1.